The fourth-order valence-electron chi connectivity index (χ4n) is 4.78. The second-order valence-corrected chi connectivity index (χ2v) is 9.60. The first kappa shape index (κ1) is 24.9. The number of carbonyl (C=O) groups excluding carboxylic acids is 1. The van der Waals surface area contributed by atoms with Gasteiger partial charge >= 0.3 is 0 Å². The summed E-state index contributed by atoms with van der Waals surface area (Å²) in [6.07, 6.45) is 4.69. The van der Waals surface area contributed by atoms with Crippen LogP contribution in [0.3, 0.4) is 0 Å². The van der Waals surface area contributed by atoms with Gasteiger partial charge in [0.1, 0.15) is 10.9 Å². The summed E-state index contributed by atoms with van der Waals surface area (Å²) < 4.78 is 5.17. The van der Waals surface area contributed by atoms with E-state index in [0.29, 0.717) is 48.3 Å². The maximum Gasteiger partial charge on any atom is 0.280 e. The molecule has 1 aromatic carbocycles. The van der Waals surface area contributed by atoms with E-state index in [-0.39, 0.29) is 11.5 Å². The number of rotatable bonds is 9. The number of hydrogen-bond acceptors (Lipinski definition) is 6. The molecule has 0 spiro atoms. The van der Waals surface area contributed by atoms with E-state index in [4.69, 9.17) is 5.10 Å². The SMILES string of the molecule is Cc1nn(CCCC(=O)NCCN2CCN(C)CC2)c(=O)c2c(-n3cccc3)n(-c3ccccc3)nc12. The van der Waals surface area contributed by atoms with Crippen LogP contribution < -0.4 is 10.9 Å². The van der Waals surface area contributed by atoms with Crippen molar-refractivity contribution in [2.24, 2.45) is 0 Å². The predicted octanol–water partition coefficient (Wildman–Crippen LogP) is 1.83. The molecule has 10 nitrogen and oxygen atoms in total. The molecule has 0 saturated carbocycles. The van der Waals surface area contributed by atoms with Crippen LogP contribution in [0.1, 0.15) is 18.5 Å². The summed E-state index contributed by atoms with van der Waals surface area (Å²) in [7, 11) is 2.13. The lowest BCUT2D eigenvalue weighted by Gasteiger charge is -2.32. The van der Waals surface area contributed by atoms with Gasteiger partial charge in [-0.15, -0.1) is 0 Å². The van der Waals surface area contributed by atoms with E-state index >= 15 is 0 Å². The Balaban J connectivity index is 1.30. The van der Waals surface area contributed by atoms with Gasteiger partial charge in [0.15, 0.2) is 5.82 Å². The minimum absolute atomic E-state index is 0.00454. The number of fused-ring (bicyclic) bond motifs is 1. The van der Waals surface area contributed by atoms with E-state index in [2.05, 4.69) is 27.3 Å². The number of piperazine rings is 1. The molecule has 0 bridgehead atoms. The highest BCUT2D eigenvalue weighted by atomic mass is 16.1. The summed E-state index contributed by atoms with van der Waals surface area (Å²) >= 11 is 0. The molecule has 1 fully saturated rings. The van der Waals surface area contributed by atoms with Gasteiger partial charge in [-0.05, 0) is 44.7 Å². The third-order valence-corrected chi connectivity index (χ3v) is 6.89. The molecule has 1 saturated heterocycles. The predicted molar refractivity (Wildman–Crippen MR) is 143 cm³/mol. The molecule has 10 heteroatoms. The van der Waals surface area contributed by atoms with Crippen molar-refractivity contribution in [1.29, 1.82) is 0 Å². The van der Waals surface area contributed by atoms with Crippen LogP contribution in [0.2, 0.25) is 0 Å². The van der Waals surface area contributed by atoms with Crippen LogP contribution in [0.25, 0.3) is 22.4 Å². The number of hydrogen-bond donors (Lipinski definition) is 1. The highest BCUT2D eigenvalue weighted by Gasteiger charge is 2.21. The Bertz CT molecular complexity index is 1400. The van der Waals surface area contributed by atoms with Gasteiger partial charge in [0.25, 0.3) is 5.56 Å². The van der Waals surface area contributed by atoms with Crippen LogP contribution in [0, 0.1) is 6.92 Å². The molecule has 4 aromatic rings. The number of aryl methyl sites for hydroxylation is 2. The van der Waals surface area contributed by atoms with Crippen molar-refractivity contribution in [3.05, 3.63) is 70.9 Å². The fraction of sp³-hybridized carbons (Fsp3) is 0.407. The Morgan fingerprint density at radius 2 is 1.70 bits per heavy atom. The standard InChI is InChI=1S/C27H34N8O2/c1-21-25-24(26(33-13-6-7-14-33)35(30-25)22-9-4-3-5-10-22)27(37)34(29-21)15-8-11-23(36)28-12-16-32-19-17-31(2)18-20-32/h3-7,9-10,13-14H,8,11-12,15-20H2,1-2H3,(H,28,36). The van der Waals surface area contributed by atoms with Crippen LogP contribution >= 0.6 is 0 Å². The van der Waals surface area contributed by atoms with Crippen molar-refractivity contribution >= 4 is 16.8 Å². The molecule has 5 rings (SSSR count). The normalized spacial score (nSPS) is 14.9. The van der Waals surface area contributed by atoms with Crippen molar-refractivity contribution in [3.63, 3.8) is 0 Å². The summed E-state index contributed by atoms with van der Waals surface area (Å²) in [4.78, 5) is 30.7. The molecule has 0 aliphatic carbocycles. The van der Waals surface area contributed by atoms with Crippen LogP contribution in [0.15, 0.2) is 59.7 Å². The van der Waals surface area contributed by atoms with Crippen LogP contribution in [0.5, 0.6) is 0 Å². The number of amides is 1. The van der Waals surface area contributed by atoms with E-state index in [1.165, 1.54) is 4.68 Å². The van der Waals surface area contributed by atoms with E-state index in [1.54, 1.807) is 4.68 Å². The lowest BCUT2D eigenvalue weighted by Crippen LogP contribution is -2.46. The number of likely N-dealkylation sites (N-methyl/N-ethyl adjacent to an activating group) is 1. The third kappa shape index (κ3) is 5.50. The van der Waals surface area contributed by atoms with Gasteiger partial charge in [-0.25, -0.2) is 9.36 Å². The molecule has 194 valence electrons. The maximum atomic E-state index is 13.6. The molecule has 0 atom stereocenters. The minimum Gasteiger partial charge on any atom is -0.355 e. The summed E-state index contributed by atoms with van der Waals surface area (Å²) in [5, 5.41) is 12.8. The molecule has 3 aromatic heterocycles. The quantitative estimate of drug-likeness (QED) is 0.375. The Hall–Kier alpha value is -3.76. The Kier molecular flexibility index (Phi) is 7.47. The first-order valence-corrected chi connectivity index (χ1v) is 12.9. The van der Waals surface area contributed by atoms with Gasteiger partial charge in [0.05, 0.1) is 11.4 Å². The van der Waals surface area contributed by atoms with Gasteiger partial charge in [0, 0.05) is 64.6 Å². The summed E-state index contributed by atoms with van der Waals surface area (Å²) in [6, 6.07) is 13.6. The van der Waals surface area contributed by atoms with Crippen LogP contribution in [-0.2, 0) is 11.3 Å². The highest BCUT2D eigenvalue weighted by Crippen LogP contribution is 2.24. The molecule has 1 amide bonds. The highest BCUT2D eigenvalue weighted by molar-refractivity contribution is 5.87. The van der Waals surface area contributed by atoms with Crippen LogP contribution in [-0.4, -0.2) is 86.2 Å². The monoisotopic (exact) mass is 502 g/mol. The molecular weight excluding hydrogens is 468 g/mol. The average Bonchev–Trinajstić information content (AvgIpc) is 3.57. The van der Waals surface area contributed by atoms with Gasteiger partial charge < -0.3 is 14.8 Å². The van der Waals surface area contributed by atoms with Gasteiger partial charge in [-0.3, -0.25) is 14.5 Å². The fourth-order valence-corrected chi connectivity index (χ4v) is 4.78. The minimum atomic E-state index is -0.207. The van der Waals surface area contributed by atoms with Crippen molar-refractivity contribution in [2.45, 2.75) is 26.3 Å². The number of benzene rings is 1. The first-order chi connectivity index (χ1) is 18.0. The third-order valence-electron chi connectivity index (χ3n) is 6.89. The molecule has 0 unspecified atom stereocenters. The molecule has 37 heavy (non-hydrogen) atoms. The largest absolute Gasteiger partial charge is 0.355 e. The smallest absolute Gasteiger partial charge is 0.280 e. The van der Waals surface area contributed by atoms with Crippen molar-refractivity contribution in [2.75, 3.05) is 46.3 Å². The number of carbonyl (C=O) groups is 1. The molecule has 1 N–H and O–H groups in total. The second kappa shape index (κ2) is 11.1. The van der Waals surface area contributed by atoms with Crippen LogP contribution in [0.4, 0.5) is 0 Å². The zero-order chi connectivity index (χ0) is 25.8. The van der Waals surface area contributed by atoms with E-state index in [9.17, 15) is 9.59 Å². The summed E-state index contributed by atoms with van der Waals surface area (Å²) in [5.41, 5.74) is 1.91. The topological polar surface area (TPSA) is 93.2 Å². The Morgan fingerprint density at radius 1 is 0.973 bits per heavy atom. The Morgan fingerprint density at radius 3 is 2.43 bits per heavy atom. The lowest BCUT2D eigenvalue weighted by molar-refractivity contribution is -0.121. The number of nitrogens with zero attached hydrogens (tertiary/aromatic N) is 7. The zero-order valence-electron chi connectivity index (χ0n) is 21.5. The van der Waals surface area contributed by atoms with Gasteiger partial charge in [0.2, 0.25) is 5.91 Å². The lowest BCUT2D eigenvalue weighted by atomic mass is 10.2. The number of nitrogens with one attached hydrogen (secondary N) is 1. The zero-order valence-corrected chi connectivity index (χ0v) is 21.5. The molecule has 4 heterocycles. The molecule has 1 aliphatic heterocycles. The summed E-state index contributed by atoms with van der Waals surface area (Å²) in [6.45, 7) is 7.94. The average molecular weight is 503 g/mol. The van der Waals surface area contributed by atoms with Crippen molar-refractivity contribution in [1.82, 2.24) is 39.2 Å². The molecule has 1 aliphatic rings. The summed E-state index contributed by atoms with van der Waals surface area (Å²) in [5.74, 6) is 0.682. The Labute approximate surface area is 216 Å². The first-order valence-electron chi connectivity index (χ1n) is 12.9. The second-order valence-electron chi connectivity index (χ2n) is 9.60. The molecular formula is C27H34N8O2. The van der Waals surface area contributed by atoms with Gasteiger partial charge in [-0.2, -0.15) is 10.2 Å². The van der Waals surface area contributed by atoms with E-state index in [1.807, 2.05) is 66.3 Å². The van der Waals surface area contributed by atoms with Crippen molar-refractivity contribution in [3.8, 4) is 11.5 Å². The molecule has 0 radical (unpaired) electrons. The maximum absolute atomic E-state index is 13.6. The number of para-hydroxylation sites is 1. The number of aromatic nitrogens is 5. The van der Waals surface area contributed by atoms with Gasteiger partial charge in [-0.1, -0.05) is 18.2 Å². The van der Waals surface area contributed by atoms with Crippen molar-refractivity contribution < 1.29 is 4.79 Å². The van der Waals surface area contributed by atoms with E-state index in [0.717, 1.165) is 38.4 Å². The van der Waals surface area contributed by atoms with E-state index < -0.39 is 0 Å².